The molecule has 2 aromatic rings. The van der Waals surface area contributed by atoms with Crippen LogP contribution in [-0.2, 0) is 16.0 Å². The van der Waals surface area contributed by atoms with Gasteiger partial charge in [-0.05, 0) is 55.4 Å². The molecule has 0 radical (unpaired) electrons. The number of rotatable bonds is 6. The Morgan fingerprint density at radius 1 is 1.06 bits per heavy atom. The van der Waals surface area contributed by atoms with E-state index >= 15 is 0 Å². The van der Waals surface area contributed by atoms with Gasteiger partial charge in [0.2, 0.25) is 0 Å². The number of nitriles is 1. The number of hydrogen-bond donors (Lipinski definition) is 2. The largest absolute Gasteiger partial charge is 0.493 e. The first-order valence-electron chi connectivity index (χ1n) is 10.0. The number of fused-ring (bicyclic) bond motifs is 1. The molecule has 0 aromatic heterocycles. The molecule has 1 atom stereocenters. The summed E-state index contributed by atoms with van der Waals surface area (Å²) in [5, 5.41) is 24.6. The quantitative estimate of drug-likeness (QED) is 0.633. The molecule has 3 rings (SSSR count). The number of carboxylic acids is 2. The SMILES string of the molecule is COc1cc2c(cc1OC)C(Oc1ccc(C#N)cc1)CN(C)CC2.O=C(O)C=CC(=O)O. The first-order chi connectivity index (χ1) is 15.8. The lowest BCUT2D eigenvalue weighted by Gasteiger charge is -2.23. The molecular weight excluding hydrogens is 428 g/mol. The molecule has 0 saturated carbocycles. The monoisotopic (exact) mass is 454 g/mol. The molecule has 1 aliphatic rings. The zero-order chi connectivity index (χ0) is 24.4. The van der Waals surface area contributed by atoms with Crippen molar-refractivity contribution in [3.8, 4) is 23.3 Å². The highest BCUT2D eigenvalue weighted by Crippen LogP contribution is 2.36. The lowest BCUT2D eigenvalue weighted by Crippen LogP contribution is -2.26. The molecular formula is C24H26N2O7. The summed E-state index contributed by atoms with van der Waals surface area (Å²) >= 11 is 0. The van der Waals surface area contributed by atoms with E-state index in [1.54, 1.807) is 26.4 Å². The molecule has 0 fully saturated rings. The van der Waals surface area contributed by atoms with Crippen LogP contribution in [0.4, 0.5) is 0 Å². The number of carbonyl (C=O) groups is 2. The first kappa shape index (κ1) is 25.2. The molecule has 2 aromatic carbocycles. The molecule has 0 saturated heterocycles. The van der Waals surface area contributed by atoms with Gasteiger partial charge in [0, 0.05) is 30.8 Å². The first-order valence-corrected chi connectivity index (χ1v) is 10.0. The number of methoxy groups -OCH3 is 2. The van der Waals surface area contributed by atoms with Crippen molar-refractivity contribution in [2.45, 2.75) is 12.5 Å². The molecule has 1 aliphatic heterocycles. The van der Waals surface area contributed by atoms with Gasteiger partial charge in [-0.15, -0.1) is 0 Å². The van der Waals surface area contributed by atoms with Crippen molar-refractivity contribution in [1.29, 1.82) is 5.26 Å². The summed E-state index contributed by atoms with van der Waals surface area (Å²) < 4.78 is 17.2. The maximum atomic E-state index is 9.55. The van der Waals surface area contributed by atoms with Gasteiger partial charge in [0.1, 0.15) is 11.9 Å². The fraction of sp³-hybridized carbons (Fsp3) is 0.292. The zero-order valence-corrected chi connectivity index (χ0v) is 18.6. The summed E-state index contributed by atoms with van der Waals surface area (Å²) in [6.07, 6.45) is 1.93. The Morgan fingerprint density at radius 3 is 2.15 bits per heavy atom. The van der Waals surface area contributed by atoms with E-state index in [2.05, 4.69) is 18.0 Å². The molecule has 0 aliphatic carbocycles. The van der Waals surface area contributed by atoms with Gasteiger partial charge in [0.05, 0.1) is 25.9 Å². The molecule has 1 heterocycles. The van der Waals surface area contributed by atoms with Crippen molar-refractivity contribution in [3.05, 3.63) is 65.2 Å². The molecule has 2 N–H and O–H groups in total. The van der Waals surface area contributed by atoms with Gasteiger partial charge in [0.25, 0.3) is 0 Å². The molecule has 9 nitrogen and oxygen atoms in total. The minimum atomic E-state index is -1.26. The average Bonchev–Trinajstić information content (AvgIpc) is 2.95. The summed E-state index contributed by atoms with van der Waals surface area (Å²) in [5.41, 5.74) is 2.95. The highest BCUT2D eigenvalue weighted by atomic mass is 16.5. The predicted octanol–water partition coefficient (Wildman–Crippen LogP) is 2.90. The van der Waals surface area contributed by atoms with E-state index in [4.69, 9.17) is 29.7 Å². The van der Waals surface area contributed by atoms with Gasteiger partial charge in [-0.3, -0.25) is 0 Å². The van der Waals surface area contributed by atoms with Crippen LogP contribution in [0, 0.1) is 11.3 Å². The smallest absolute Gasteiger partial charge is 0.328 e. The maximum Gasteiger partial charge on any atom is 0.328 e. The zero-order valence-electron chi connectivity index (χ0n) is 18.6. The number of nitrogens with zero attached hydrogens (tertiary/aromatic N) is 2. The van der Waals surface area contributed by atoms with Crippen LogP contribution in [0.15, 0.2) is 48.6 Å². The standard InChI is InChI=1S/C20H22N2O3.C4H4O4/c1-22-9-8-15-10-18(23-2)19(24-3)11-17(15)20(13-22)25-16-6-4-14(12-21)5-7-16;5-3(6)1-2-4(7)8/h4-7,10-11,20H,8-9,13H2,1-3H3;1-2H,(H,5,6)(H,7,8). The van der Waals surface area contributed by atoms with E-state index in [1.807, 2.05) is 24.3 Å². The van der Waals surface area contributed by atoms with Crippen LogP contribution in [0.2, 0.25) is 0 Å². The van der Waals surface area contributed by atoms with Gasteiger partial charge < -0.3 is 29.3 Å². The summed E-state index contributed by atoms with van der Waals surface area (Å²) in [6.45, 7) is 1.73. The Hall–Kier alpha value is -4.03. The number of benzene rings is 2. The van der Waals surface area contributed by atoms with Crippen molar-refractivity contribution < 1.29 is 34.0 Å². The number of likely N-dealkylation sites (N-methyl/N-ethyl adjacent to an activating group) is 1. The van der Waals surface area contributed by atoms with E-state index in [0.29, 0.717) is 23.5 Å². The van der Waals surface area contributed by atoms with Crippen molar-refractivity contribution in [2.24, 2.45) is 0 Å². The van der Waals surface area contributed by atoms with Gasteiger partial charge in [-0.2, -0.15) is 5.26 Å². The predicted molar refractivity (Wildman–Crippen MR) is 120 cm³/mol. The van der Waals surface area contributed by atoms with Crippen LogP contribution in [0.1, 0.15) is 22.8 Å². The summed E-state index contributed by atoms with van der Waals surface area (Å²) in [4.78, 5) is 21.4. The normalized spacial score (nSPS) is 15.3. The lowest BCUT2D eigenvalue weighted by molar-refractivity contribution is -0.134. The molecule has 1 unspecified atom stereocenters. The maximum absolute atomic E-state index is 9.55. The molecule has 174 valence electrons. The Labute approximate surface area is 192 Å². The van der Waals surface area contributed by atoms with Crippen LogP contribution in [0.25, 0.3) is 0 Å². The Balaban J connectivity index is 0.000000414. The van der Waals surface area contributed by atoms with E-state index in [0.717, 1.165) is 36.6 Å². The van der Waals surface area contributed by atoms with Gasteiger partial charge in [0.15, 0.2) is 11.5 Å². The minimum Gasteiger partial charge on any atom is -0.493 e. The molecule has 0 spiro atoms. The topological polar surface area (TPSA) is 129 Å². The van der Waals surface area contributed by atoms with Crippen molar-refractivity contribution in [2.75, 3.05) is 34.4 Å². The Morgan fingerprint density at radius 2 is 1.64 bits per heavy atom. The molecule has 9 heteroatoms. The highest BCUT2D eigenvalue weighted by Gasteiger charge is 2.25. The molecule has 0 amide bonds. The third-order valence-electron chi connectivity index (χ3n) is 4.86. The molecule has 0 bridgehead atoms. The summed E-state index contributed by atoms with van der Waals surface area (Å²) in [6, 6.07) is 13.4. The number of aliphatic carboxylic acids is 2. The van der Waals surface area contributed by atoms with E-state index in [9.17, 15) is 9.59 Å². The second-order valence-electron chi connectivity index (χ2n) is 7.17. The average molecular weight is 454 g/mol. The highest BCUT2D eigenvalue weighted by molar-refractivity contribution is 5.89. The van der Waals surface area contributed by atoms with Gasteiger partial charge in [-0.1, -0.05) is 0 Å². The van der Waals surface area contributed by atoms with Crippen LogP contribution in [0.3, 0.4) is 0 Å². The minimum absolute atomic E-state index is 0.116. The van der Waals surface area contributed by atoms with E-state index in [1.165, 1.54) is 5.56 Å². The second-order valence-corrected chi connectivity index (χ2v) is 7.17. The number of ether oxygens (including phenoxy) is 3. The van der Waals surface area contributed by atoms with Crippen molar-refractivity contribution >= 4 is 11.9 Å². The van der Waals surface area contributed by atoms with Crippen molar-refractivity contribution in [1.82, 2.24) is 4.90 Å². The van der Waals surface area contributed by atoms with E-state index < -0.39 is 11.9 Å². The third-order valence-corrected chi connectivity index (χ3v) is 4.86. The Kier molecular flexibility index (Phi) is 9.27. The van der Waals surface area contributed by atoms with Crippen LogP contribution < -0.4 is 14.2 Å². The lowest BCUT2D eigenvalue weighted by atomic mass is 10.00. The summed E-state index contributed by atoms with van der Waals surface area (Å²) in [5.74, 6) is -0.318. The fourth-order valence-electron chi connectivity index (χ4n) is 3.25. The third kappa shape index (κ3) is 7.55. The number of carboxylic acid groups (broad SMARTS) is 2. The van der Waals surface area contributed by atoms with Crippen LogP contribution >= 0.6 is 0 Å². The Bertz CT molecular complexity index is 1030. The van der Waals surface area contributed by atoms with Crippen LogP contribution in [-0.4, -0.2) is 61.4 Å². The fourth-order valence-corrected chi connectivity index (χ4v) is 3.25. The molecule has 33 heavy (non-hydrogen) atoms. The van der Waals surface area contributed by atoms with Crippen LogP contribution in [0.5, 0.6) is 17.2 Å². The van der Waals surface area contributed by atoms with Crippen molar-refractivity contribution in [3.63, 3.8) is 0 Å². The van der Waals surface area contributed by atoms with E-state index in [-0.39, 0.29) is 6.10 Å². The number of hydrogen-bond acceptors (Lipinski definition) is 7. The second kappa shape index (κ2) is 12.1. The van der Waals surface area contributed by atoms with Gasteiger partial charge in [-0.25, -0.2) is 9.59 Å². The summed E-state index contributed by atoms with van der Waals surface area (Å²) in [7, 11) is 5.39. The van der Waals surface area contributed by atoms with Gasteiger partial charge >= 0.3 is 11.9 Å².